The highest BCUT2D eigenvalue weighted by molar-refractivity contribution is 5.15. The molecule has 0 aliphatic rings. The molecule has 0 bridgehead atoms. The Morgan fingerprint density at radius 1 is 1.27 bits per heavy atom. The number of aliphatic hydroxyl groups excluding tert-OH is 1. The van der Waals surface area contributed by atoms with E-state index in [4.69, 9.17) is 0 Å². The molecule has 15 heavy (non-hydrogen) atoms. The molecular formula is C12H14N2O. The molecule has 0 saturated heterocycles. The van der Waals surface area contributed by atoms with E-state index in [1.807, 2.05) is 29.0 Å². The van der Waals surface area contributed by atoms with E-state index in [-0.39, 0.29) is 12.6 Å². The zero-order valence-electron chi connectivity index (χ0n) is 8.45. The number of aromatic nitrogens is 2. The molecule has 1 N–H and O–H groups in total. The minimum absolute atomic E-state index is 0.0786. The van der Waals surface area contributed by atoms with E-state index >= 15 is 0 Å². The van der Waals surface area contributed by atoms with Crippen molar-refractivity contribution in [2.24, 2.45) is 0 Å². The van der Waals surface area contributed by atoms with Crippen LogP contribution in [-0.4, -0.2) is 21.3 Å². The van der Waals surface area contributed by atoms with E-state index < -0.39 is 0 Å². The highest BCUT2D eigenvalue weighted by Crippen LogP contribution is 2.13. The van der Waals surface area contributed by atoms with Crippen LogP contribution in [0.4, 0.5) is 0 Å². The van der Waals surface area contributed by atoms with E-state index in [0.717, 1.165) is 6.42 Å². The molecule has 78 valence electrons. The maximum atomic E-state index is 9.31. The van der Waals surface area contributed by atoms with Crippen LogP contribution in [0.1, 0.15) is 11.6 Å². The fraction of sp³-hybridized carbons (Fsp3) is 0.250. The molecule has 2 rings (SSSR count). The lowest BCUT2D eigenvalue weighted by atomic mass is 10.1. The van der Waals surface area contributed by atoms with Crippen molar-refractivity contribution in [2.45, 2.75) is 12.5 Å². The third-order valence-electron chi connectivity index (χ3n) is 2.47. The van der Waals surface area contributed by atoms with Crippen molar-refractivity contribution in [3.05, 3.63) is 54.6 Å². The Morgan fingerprint density at radius 2 is 2.07 bits per heavy atom. The number of nitrogens with zero attached hydrogens (tertiary/aromatic N) is 2. The summed E-state index contributed by atoms with van der Waals surface area (Å²) in [6.45, 7) is 0.130. The van der Waals surface area contributed by atoms with Crippen molar-refractivity contribution in [3.8, 4) is 0 Å². The Bertz CT molecular complexity index is 383. The second-order valence-electron chi connectivity index (χ2n) is 3.54. The zero-order valence-corrected chi connectivity index (χ0v) is 8.45. The summed E-state index contributed by atoms with van der Waals surface area (Å²) in [5, 5.41) is 9.31. The highest BCUT2D eigenvalue weighted by Gasteiger charge is 2.09. The molecule has 0 radical (unpaired) electrons. The van der Waals surface area contributed by atoms with Gasteiger partial charge in [-0.1, -0.05) is 30.3 Å². The van der Waals surface area contributed by atoms with Crippen molar-refractivity contribution in [2.75, 3.05) is 6.61 Å². The van der Waals surface area contributed by atoms with E-state index in [9.17, 15) is 5.11 Å². The molecule has 3 nitrogen and oxygen atoms in total. The lowest BCUT2D eigenvalue weighted by Gasteiger charge is -2.15. The Balaban J connectivity index is 2.10. The van der Waals surface area contributed by atoms with Gasteiger partial charge >= 0.3 is 0 Å². The van der Waals surface area contributed by atoms with Crippen LogP contribution in [0.15, 0.2) is 49.1 Å². The summed E-state index contributed by atoms with van der Waals surface area (Å²) in [6, 6.07) is 10.2. The quantitative estimate of drug-likeness (QED) is 0.818. The van der Waals surface area contributed by atoms with Crippen LogP contribution in [0.2, 0.25) is 0 Å². The van der Waals surface area contributed by atoms with Crippen LogP contribution in [-0.2, 0) is 6.42 Å². The van der Waals surface area contributed by atoms with E-state index in [2.05, 4.69) is 17.1 Å². The van der Waals surface area contributed by atoms with Gasteiger partial charge in [0.15, 0.2) is 0 Å². The normalized spacial score (nSPS) is 12.6. The largest absolute Gasteiger partial charge is 0.394 e. The summed E-state index contributed by atoms with van der Waals surface area (Å²) in [6.07, 6.45) is 6.18. The second-order valence-corrected chi connectivity index (χ2v) is 3.54. The maximum Gasteiger partial charge on any atom is 0.0949 e. The molecule has 3 heteroatoms. The maximum absolute atomic E-state index is 9.31. The fourth-order valence-electron chi connectivity index (χ4n) is 1.64. The van der Waals surface area contributed by atoms with Gasteiger partial charge in [-0.25, -0.2) is 4.98 Å². The van der Waals surface area contributed by atoms with Crippen LogP contribution in [0, 0.1) is 0 Å². The minimum atomic E-state index is 0.0786. The molecule has 0 aliphatic heterocycles. The summed E-state index contributed by atoms with van der Waals surface area (Å²) in [5.74, 6) is 0. The lowest BCUT2D eigenvalue weighted by molar-refractivity contribution is 0.227. The molecule has 2 aromatic rings. The molecule has 0 spiro atoms. The molecule has 0 saturated carbocycles. The number of hydrogen-bond acceptors (Lipinski definition) is 2. The first-order valence-electron chi connectivity index (χ1n) is 5.02. The van der Waals surface area contributed by atoms with Gasteiger partial charge in [0.05, 0.1) is 19.0 Å². The first-order valence-corrected chi connectivity index (χ1v) is 5.02. The van der Waals surface area contributed by atoms with Gasteiger partial charge in [0.2, 0.25) is 0 Å². The zero-order chi connectivity index (χ0) is 10.5. The highest BCUT2D eigenvalue weighted by atomic mass is 16.3. The van der Waals surface area contributed by atoms with Gasteiger partial charge in [0.1, 0.15) is 0 Å². The van der Waals surface area contributed by atoms with Gasteiger partial charge in [0, 0.05) is 12.4 Å². The summed E-state index contributed by atoms with van der Waals surface area (Å²) >= 11 is 0. The second kappa shape index (κ2) is 4.75. The third kappa shape index (κ3) is 2.44. The number of rotatable bonds is 4. The number of hydrogen-bond donors (Lipinski definition) is 1. The monoisotopic (exact) mass is 202 g/mol. The van der Waals surface area contributed by atoms with E-state index in [1.165, 1.54) is 5.56 Å². The molecule has 0 fully saturated rings. The molecular weight excluding hydrogens is 188 g/mol. The van der Waals surface area contributed by atoms with Crippen molar-refractivity contribution in [3.63, 3.8) is 0 Å². The minimum Gasteiger partial charge on any atom is -0.394 e. The van der Waals surface area contributed by atoms with Crippen LogP contribution in [0.3, 0.4) is 0 Å². The Hall–Kier alpha value is -1.61. The predicted molar refractivity (Wildman–Crippen MR) is 58.5 cm³/mol. The van der Waals surface area contributed by atoms with Crippen LogP contribution < -0.4 is 0 Å². The summed E-state index contributed by atoms with van der Waals surface area (Å²) in [4.78, 5) is 3.98. The van der Waals surface area contributed by atoms with Gasteiger partial charge in [-0.3, -0.25) is 0 Å². The summed E-state index contributed by atoms with van der Waals surface area (Å²) in [7, 11) is 0. The Morgan fingerprint density at radius 3 is 2.67 bits per heavy atom. The number of benzene rings is 1. The molecule has 1 aromatic heterocycles. The van der Waals surface area contributed by atoms with Gasteiger partial charge in [-0.15, -0.1) is 0 Å². The van der Waals surface area contributed by atoms with Crippen molar-refractivity contribution < 1.29 is 5.11 Å². The van der Waals surface area contributed by atoms with Crippen molar-refractivity contribution in [1.82, 2.24) is 9.55 Å². The molecule has 1 heterocycles. The molecule has 1 aromatic carbocycles. The lowest BCUT2D eigenvalue weighted by Crippen LogP contribution is -2.14. The first kappa shape index (κ1) is 9.93. The average Bonchev–Trinajstić information content (AvgIpc) is 2.81. The van der Waals surface area contributed by atoms with Gasteiger partial charge in [-0.05, 0) is 12.0 Å². The Kier molecular flexibility index (Phi) is 3.15. The molecule has 1 atom stereocenters. The molecule has 0 unspecified atom stereocenters. The smallest absolute Gasteiger partial charge is 0.0949 e. The standard InChI is InChI=1S/C12H14N2O/c15-9-12(14-7-6-13-10-14)8-11-4-2-1-3-5-11/h1-7,10,12,15H,8-9H2/t12-/m0/s1. The first-order chi connectivity index (χ1) is 7.40. The SMILES string of the molecule is OC[C@H](Cc1ccccc1)n1ccnc1. The Labute approximate surface area is 89.0 Å². The van der Waals surface area contributed by atoms with Crippen molar-refractivity contribution >= 4 is 0 Å². The molecule has 0 amide bonds. The summed E-state index contributed by atoms with van der Waals surface area (Å²) in [5.41, 5.74) is 1.23. The van der Waals surface area contributed by atoms with E-state index in [1.54, 1.807) is 12.5 Å². The van der Waals surface area contributed by atoms with Gasteiger partial charge in [-0.2, -0.15) is 0 Å². The predicted octanol–water partition coefficient (Wildman–Crippen LogP) is 1.66. The molecule has 0 aliphatic carbocycles. The van der Waals surface area contributed by atoms with Crippen LogP contribution >= 0.6 is 0 Å². The van der Waals surface area contributed by atoms with Gasteiger partial charge < -0.3 is 9.67 Å². The van der Waals surface area contributed by atoms with Crippen LogP contribution in [0.5, 0.6) is 0 Å². The average molecular weight is 202 g/mol. The number of imidazole rings is 1. The topological polar surface area (TPSA) is 38.0 Å². The van der Waals surface area contributed by atoms with Gasteiger partial charge in [0.25, 0.3) is 0 Å². The van der Waals surface area contributed by atoms with Crippen molar-refractivity contribution in [1.29, 1.82) is 0 Å². The number of aliphatic hydroxyl groups is 1. The summed E-state index contributed by atoms with van der Waals surface area (Å²) < 4.78 is 1.94. The van der Waals surface area contributed by atoms with Crippen LogP contribution in [0.25, 0.3) is 0 Å². The van der Waals surface area contributed by atoms with E-state index in [0.29, 0.717) is 0 Å². The third-order valence-corrected chi connectivity index (χ3v) is 2.47. The fourth-order valence-corrected chi connectivity index (χ4v) is 1.64.